The van der Waals surface area contributed by atoms with Crippen LogP contribution in [0.15, 0.2) is 65.7 Å². The zero-order valence-electron chi connectivity index (χ0n) is 14.8. The average molecular weight is 386 g/mol. The lowest BCUT2D eigenvalue weighted by Crippen LogP contribution is -2.07. The van der Waals surface area contributed by atoms with Gasteiger partial charge in [-0.1, -0.05) is 47.7 Å². The van der Waals surface area contributed by atoms with Crippen molar-refractivity contribution in [3.8, 4) is 16.9 Å². The molecule has 6 heteroatoms. The molecule has 1 aliphatic carbocycles. The van der Waals surface area contributed by atoms with Crippen molar-refractivity contribution in [2.24, 2.45) is 4.99 Å². The molecule has 136 valence electrons. The number of carbonyl (C=O) groups is 1. The number of methoxy groups -OCH3 is 1. The van der Waals surface area contributed by atoms with Gasteiger partial charge in [0.25, 0.3) is 0 Å². The molecule has 0 bridgehead atoms. The molecule has 1 aliphatic rings. The second-order valence-corrected chi connectivity index (χ2v) is 7.38. The number of rotatable bonds is 3. The largest absolute Gasteiger partial charge is 0.497 e. The summed E-state index contributed by atoms with van der Waals surface area (Å²) in [5.41, 5.74) is 5.17. The van der Waals surface area contributed by atoms with E-state index in [1.165, 1.54) is 11.3 Å². The maximum atomic E-state index is 11.8. The summed E-state index contributed by atoms with van der Waals surface area (Å²) >= 11 is 1.45. The normalized spacial score (nSPS) is 13.5. The van der Waals surface area contributed by atoms with Gasteiger partial charge in [0.1, 0.15) is 5.75 Å². The van der Waals surface area contributed by atoms with Crippen molar-refractivity contribution in [1.82, 2.24) is 4.98 Å². The average Bonchev–Trinajstić information content (AvgIpc) is 3.26. The highest BCUT2D eigenvalue weighted by atomic mass is 32.1. The van der Waals surface area contributed by atoms with Gasteiger partial charge < -0.3 is 9.84 Å². The zero-order valence-corrected chi connectivity index (χ0v) is 15.7. The number of carboxylic acid groups (broad SMARTS) is 1. The molecule has 5 nitrogen and oxygen atoms in total. The minimum atomic E-state index is -0.966. The minimum Gasteiger partial charge on any atom is -0.497 e. The number of nitrogens with zero attached hydrogens (tertiary/aromatic N) is 2. The van der Waals surface area contributed by atoms with Crippen molar-refractivity contribution in [1.29, 1.82) is 0 Å². The first-order valence-electron chi connectivity index (χ1n) is 8.65. The highest BCUT2D eigenvalue weighted by Crippen LogP contribution is 2.40. The fourth-order valence-corrected chi connectivity index (χ4v) is 4.42. The summed E-state index contributed by atoms with van der Waals surface area (Å²) in [5, 5.41) is 10.3. The van der Waals surface area contributed by atoms with E-state index in [1.54, 1.807) is 19.2 Å². The standard InChI is InChI=1S/C22H14N2O3S/c1-27-12-9-10-17-18(11-12)28-22(23-17)24-20-15-6-3-2-5-13(15)14-7-4-8-16(19(14)20)21(25)26/h2-11H,1H3,(H,25,26)/b24-20+. The Morgan fingerprint density at radius 2 is 1.82 bits per heavy atom. The van der Waals surface area contributed by atoms with Crippen LogP contribution in [0.3, 0.4) is 0 Å². The third-order valence-corrected chi connectivity index (χ3v) is 5.71. The molecule has 0 saturated heterocycles. The van der Waals surface area contributed by atoms with Crippen LogP contribution in [0.4, 0.5) is 5.13 Å². The van der Waals surface area contributed by atoms with Crippen molar-refractivity contribution in [3.63, 3.8) is 0 Å². The van der Waals surface area contributed by atoms with Crippen LogP contribution < -0.4 is 4.74 Å². The van der Waals surface area contributed by atoms with Crippen LogP contribution in [-0.2, 0) is 0 Å². The zero-order chi connectivity index (χ0) is 19.3. The molecule has 5 rings (SSSR count). The van der Waals surface area contributed by atoms with E-state index in [0.29, 0.717) is 16.4 Å². The number of benzene rings is 3. The Morgan fingerprint density at radius 3 is 2.61 bits per heavy atom. The van der Waals surface area contributed by atoms with E-state index in [1.807, 2.05) is 48.5 Å². The van der Waals surface area contributed by atoms with Gasteiger partial charge in [0.05, 0.1) is 28.6 Å². The lowest BCUT2D eigenvalue weighted by molar-refractivity contribution is 0.0697. The van der Waals surface area contributed by atoms with Crippen LogP contribution in [-0.4, -0.2) is 28.9 Å². The molecule has 0 aliphatic heterocycles. The second-order valence-electron chi connectivity index (χ2n) is 6.37. The molecule has 0 amide bonds. The molecular weight excluding hydrogens is 372 g/mol. The third-order valence-electron chi connectivity index (χ3n) is 4.80. The molecule has 0 saturated carbocycles. The number of aliphatic imine (C=N–C) groups is 1. The predicted octanol–water partition coefficient (Wildman–Crippen LogP) is 5.15. The molecule has 0 spiro atoms. The quantitative estimate of drug-likeness (QED) is 0.465. The number of aromatic carboxylic acids is 1. The Bertz CT molecular complexity index is 1290. The molecule has 1 N–H and O–H groups in total. The van der Waals surface area contributed by atoms with E-state index in [0.717, 1.165) is 32.7 Å². The molecule has 3 aromatic carbocycles. The van der Waals surface area contributed by atoms with Crippen molar-refractivity contribution >= 4 is 38.4 Å². The summed E-state index contributed by atoms with van der Waals surface area (Å²) in [6.45, 7) is 0. The van der Waals surface area contributed by atoms with E-state index in [-0.39, 0.29) is 5.56 Å². The van der Waals surface area contributed by atoms with E-state index in [4.69, 9.17) is 9.73 Å². The molecule has 28 heavy (non-hydrogen) atoms. The monoisotopic (exact) mass is 386 g/mol. The lowest BCUT2D eigenvalue weighted by atomic mass is 10.0. The van der Waals surface area contributed by atoms with Gasteiger partial charge in [0.15, 0.2) is 0 Å². The summed E-state index contributed by atoms with van der Waals surface area (Å²) in [7, 11) is 1.63. The minimum absolute atomic E-state index is 0.246. The van der Waals surface area contributed by atoms with Crippen LogP contribution in [0.2, 0.25) is 0 Å². The predicted molar refractivity (Wildman–Crippen MR) is 110 cm³/mol. The fourth-order valence-electron chi connectivity index (χ4n) is 3.55. The molecule has 1 aromatic heterocycles. The number of ether oxygens (including phenoxy) is 1. The van der Waals surface area contributed by atoms with Gasteiger partial charge in [0.2, 0.25) is 5.13 Å². The Balaban J connectivity index is 1.75. The molecule has 0 unspecified atom stereocenters. The van der Waals surface area contributed by atoms with E-state index >= 15 is 0 Å². The molecular formula is C22H14N2O3S. The Hall–Kier alpha value is -3.51. The van der Waals surface area contributed by atoms with Crippen molar-refractivity contribution in [2.75, 3.05) is 7.11 Å². The first-order valence-corrected chi connectivity index (χ1v) is 9.47. The molecule has 1 heterocycles. The summed E-state index contributed by atoms with van der Waals surface area (Å²) in [4.78, 5) is 21.2. The Labute approximate surface area is 164 Å². The molecule has 0 fully saturated rings. The van der Waals surface area contributed by atoms with Crippen LogP contribution in [0.1, 0.15) is 21.5 Å². The highest BCUT2D eigenvalue weighted by Gasteiger charge is 2.29. The number of aromatic nitrogens is 1. The topological polar surface area (TPSA) is 71.8 Å². The first-order chi connectivity index (χ1) is 13.7. The van der Waals surface area contributed by atoms with Crippen molar-refractivity contribution in [2.45, 2.75) is 0 Å². The Kier molecular flexibility index (Phi) is 3.74. The third kappa shape index (κ3) is 2.50. The molecule has 4 aromatic rings. The van der Waals surface area contributed by atoms with Gasteiger partial charge in [-0.2, -0.15) is 0 Å². The maximum Gasteiger partial charge on any atom is 0.336 e. The highest BCUT2D eigenvalue weighted by molar-refractivity contribution is 7.22. The van der Waals surface area contributed by atoms with Gasteiger partial charge in [0, 0.05) is 11.1 Å². The number of hydrogen-bond donors (Lipinski definition) is 1. The maximum absolute atomic E-state index is 11.8. The van der Waals surface area contributed by atoms with Gasteiger partial charge in [-0.15, -0.1) is 0 Å². The van der Waals surface area contributed by atoms with Crippen LogP contribution in [0.25, 0.3) is 21.3 Å². The van der Waals surface area contributed by atoms with Gasteiger partial charge in [-0.25, -0.2) is 14.8 Å². The number of thiazole rings is 1. The van der Waals surface area contributed by atoms with Crippen LogP contribution in [0.5, 0.6) is 5.75 Å². The second kappa shape index (κ2) is 6.28. The van der Waals surface area contributed by atoms with Crippen molar-refractivity contribution < 1.29 is 14.6 Å². The van der Waals surface area contributed by atoms with Crippen LogP contribution >= 0.6 is 11.3 Å². The fraction of sp³-hybridized carbons (Fsp3) is 0.0455. The van der Waals surface area contributed by atoms with E-state index < -0.39 is 5.97 Å². The Morgan fingerprint density at radius 1 is 1.04 bits per heavy atom. The summed E-state index contributed by atoms with van der Waals surface area (Å²) < 4.78 is 6.25. The lowest BCUT2D eigenvalue weighted by Gasteiger charge is -2.05. The summed E-state index contributed by atoms with van der Waals surface area (Å²) in [5.74, 6) is -0.202. The van der Waals surface area contributed by atoms with Gasteiger partial charge in [-0.05, 0) is 35.4 Å². The number of fused-ring (bicyclic) bond motifs is 4. The van der Waals surface area contributed by atoms with E-state index in [9.17, 15) is 9.90 Å². The van der Waals surface area contributed by atoms with Crippen LogP contribution in [0, 0.1) is 0 Å². The summed E-state index contributed by atoms with van der Waals surface area (Å²) in [6.07, 6.45) is 0. The number of hydrogen-bond acceptors (Lipinski definition) is 5. The van der Waals surface area contributed by atoms with Gasteiger partial charge in [-0.3, -0.25) is 0 Å². The van der Waals surface area contributed by atoms with Gasteiger partial charge >= 0.3 is 5.97 Å². The van der Waals surface area contributed by atoms with Crippen molar-refractivity contribution in [3.05, 3.63) is 77.4 Å². The molecule has 0 radical (unpaired) electrons. The smallest absolute Gasteiger partial charge is 0.336 e. The first kappa shape index (κ1) is 16.6. The van der Waals surface area contributed by atoms with E-state index in [2.05, 4.69) is 4.98 Å². The number of carboxylic acids is 1. The SMILES string of the molecule is COc1ccc2nc(/N=C3\c4ccccc4-c4cccc(C(=O)O)c43)sc2c1. The molecule has 0 atom stereocenters. The summed E-state index contributed by atoms with van der Waals surface area (Å²) in [6, 6.07) is 18.9.